The summed E-state index contributed by atoms with van der Waals surface area (Å²) in [5.41, 5.74) is 2.25. The van der Waals surface area contributed by atoms with Crippen molar-refractivity contribution in [1.82, 2.24) is 0 Å². The monoisotopic (exact) mass is 410 g/mol. The van der Waals surface area contributed by atoms with Crippen LogP contribution in [0.5, 0.6) is 11.5 Å². The van der Waals surface area contributed by atoms with Crippen molar-refractivity contribution < 1.29 is 9.47 Å². The summed E-state index contributed by atoms with van der Waals surface area (Å²) < 4.78 is 10.2. The Morgan fingerprint density at radius 1 is 0.714 bits per heavy atom. The Morgan fingerprint density at radius 3 is 1.54 bits per heavy atom. The highest BCUT2D eigenvalue weighted by Gasteiger charge is 2.36. The predicted molar refractivity (Wildman–Crippen MR) is 124 cm³/mol. The molecule has 4 heteroatoms. The van der Waals surface area contributed by atoms with Crippen LogP contribution in [0, 0.1) is 0 Å². The highest BCUT2D eigenvalue weighted by atomic mass is 32.1. The van der Waals surface area contributed by atoms with E-state index in [1.807, 2.05) is 24.3 Å². The minimum atomic E-state index is -1.45. The van der Waals surface area contributed by atoms with E-state index in [1.54, 1.807) is 14.2 Å². The highest BCUT2D eigenvalue weighted by molar-refractivity contribution is 7.82. The van der Waals surface area contributed by atoms with Crippen molar-refractivity contribution in [2.45, 2.75) is 4.75 Å². The summed E-state index contributed by atoms with van der Waals surface area (Å²) in [6, 6.07) is 27.1. The molecule has 0 amide bonds. The lowest BCUT2D eigenvalue weighted by Gasteiger charge is -2.44. The van der Waals surface area contributed by atoms with Crippen molar-refractivity contribution in [2.24, 2.45) is 0 Å². The van der Waals surface area contributed by atoms with Gasteiger partial charge in [-0.05, 0) is 36.4 Å². The van der Waals surface area contributed by atoms with Gasteiger partial charge in [-0.15, -0.1) is 0 Å². The van der Waals surface area contributed by atoms with Gasteiger partial charge in [-0.1, -0.05) is 58.3 Å². The van der Waals surface area contributed by atoms with Crippen LogP contribution in [0.3, 0.4) is 0 Å². The zero-order chi connectivity index (χ0) is 20.2. The van der Waals surface area contributed by atoms with Crippen LogP contribution in [0.2, 0.25) is 0 Å². The third kappa shape index (κ3) is 4.37. The van der Waals surface area contributed by atoms with Crippen molar-refractivity contribution in [1.29, 1.82) is 0 Å². The lowest BCUT2D eigenvalue weighted by Crippen LogP contribution is -2.33. The molecule has 0 radical (unpaired) electrons. The highest BCUT2D eigenvalue weighted by Crippen LogP contribution is 2.55. The Labute approximate surface area is 174 Å². The summed E-state index contributed by atoms with van der Waals surface area (Å²) in [5.74, 6) is 1.68. The van der Waals surface area contributed by atoms with Crippen LogP contribution in [0.15, 0.2) is 78.9 Å². The number of rotatable bonds is 7. The molecule has 2 nitrogen and oxygen atoms in total. The zero-order valence-corrected chi connectivity index (χ0v) is 18.6. The molecule has 3 aromatic rings. The van der Waals surface area contributed by atoms with Crippen molar-refractivity contribution in [3.8, 4) is 11.5 Å². The van der Waals surface area contributed by atoms with E-state index in [-0.39, 0.29) is 0 Å². The van der Waals surface area contributed by atoms with Gasteiger partial charge in [0.2, 0.25) is 0 Å². The minimum Gasteiger partial charge on any atom is -0.773 e. The Morgan fingerprint density at radius 2 is 1.14 bits per heavy atom. The topological polar surface area (TPSA) is 18.5 Å². The molecule has 0 unspecified atom stereocenters. The van der Waals surface area contributed by atoms with Gasteiger partial charge in [0.25, 0.3) is 0 Å². The molecule has 0 aliphatic carbocycles. The van der Waals surface area contributed by atoms with Crippen LogP contribution in [0.1, 0.15) is 11.1 Å². The summed E-state index contributed by atoms with van der Waals surface area (Å²) >= 11 is 6.39. The fraction of sp³-hybridized carbons (Fsp3) is 0.250. The first-order chi connectivity index (χ1) is 13.4. The van der Waals surface area contributed by atoms with Crippen LogP contribution in [0.4, 0.5) is 0 Å². The number of hydrogen-bond donors (Lipinski definition) is 0. The molecule has 146 valence electrons. The normalized spacial score (nSPS) is 11.9. The molecule has 0 N–H and O–H groups in total. The Balaban J connectivity index is 2.07. The Bertz CT molecular complexity index is 843. The van der Waals surface area contributed by atoms with E-state index in [0.29, 0.717) is 0 Å². The molecule has 0 saturated heterocycles. The Hall–Kier alpha value is -1.96. The predicted octanol–water partition coefficient (Wildman–Crippen LogP) is 5.10. The molecule has 0 fully saturated rings. The van der Waals surface area contributed by atoms with Gasteiger partial charge in [0, 0.05) is 7.26 Å². The van der Waals surface area contributed by atoms with Gasteiger partial charge in [-0.3, -0.25) is 0 Å². The lowest BCUT2D eigenvalue weighted by atomic mass is 9.91. The molecule has 0 atom stereocenters. The second-order valence-corrected chi connectivity index (χ2v) is 12.4. The number of benzene rings is 3. The molecule has 0 saturated carbocycles. The molecular weight excluding hydrogens is 383 g/mol. The second-order valence-electron chi connectivity index (χ2n) is 7.46. The van der Waals surface area contributed by atoms with Crippen LogP contribution < -0.4 is 14.8 Å². The van der Waals surface area contributed by atoms with Gasteiger partial charge < -0.3 is 22.1 Å². The smallest absolute Gasteiger partial charge is 0.118 e. The summed E-state index contributed by atoms with van der Waals surface area (Å²) in [5, 5.41) is 1.39. The number of ether oxygens (including phenoxy) is 2. The molecular formula is C24H27O2PS. The third-order valence-corrected chi connectivity index (χ3v) is 8.98. The van der Waals surface area contributed by atoms with E-state index in [0.717, 1.165) is 28.8 Å². The van der Waals surface area contributed by atoms with E-state index in [2.05, 4.69) is 67.9 Å². The summed E-state index contributed by atoms with van der Waals surface area (Å²) in [6.07, 6.45) is 0.901. The number of hydrogen-bond acceptors (Lipinski definition) is 3. The van der Waals surface area contributed by atoms with Crippen molar-refractivity contribution in [2.75, 3.05) is 33.7 Å². The largest absolute Gasteiger partial charge is 0.773 e. The first-order valence-corrected chi connectivity index (χ1v) is 12.5. The maximum Gasteiger partial charge on any atom is 0.118 e. The average molecular weight is 411 g/mol. The zero-order valence-electron chi connectivity index (χ0n) is 16.9. The molecule has 0 aliphatic rings. The van der Waals surface area contributed by atoms with E-state index >= 15 is 0 Å². The summed E-state index contributed by atoms with van der Waals surface area (Å²) in [4.78, 5) is 0. The first-order valence-electron chi connectivity index (χ1n) is 9.27. The maximum absolute atomic E-state index is 6.39. The van der Waals surface area contributed by atoms with Crippen LogP contribution in [0.25, 0.3) is 0 Å². The van der Waals surface area contributed by atoms with Crippen molar-refractivity contribution in [3.05, 3.63) is 90.0 Å². The molecule has 3 aromatic carbocycles. The van der Waals surface area contributed by atoms with E-state index in [4.69, 9.17) is 22.1 Å². The quantitative estimate of drug-likeness (QED) is 0.399. The van der Waals surface area contributed by atoms with E-state index < -0.39 is 12.0 Å². The molecule has 0 heterocycles. The van der Waals surface area contributed by atoms with Gasteiger partial charge in [-0.2, -0.15) is 0 Å². The van der Waals surface area contributed by atoms with Crippen LogP contribution >= 0.6 is 7.26 Å². The standard InChI is InChI=1S/C24H27O2PS/c1-25-21-14-10-19(11-15-21)24(28,20-12-16-22(26-2)17-13-20)18-27(3,4)23-8-6-5-7-9-23/h5-17H,18H2,1-4H3. The molecule has 0 spiro atoms. The Kier molecular flexibility index (Phi) is 6.37. The van der Waals surface area contributed by atoms with Crippen molar-refractivity contribution >= 4 is 25.2 Å². The van der Waals surface area contributed by atoms with Crippen LogP contribution in [-0.2, 0) is 17.4 Å². The maximum atomic E-state index is 6.39. The van der Waals surface area contributed by atoms with Crippen LogP contribution in [-0.4, -0.2) is 33.7 Å². The average Bonchev–Trinajstić information content (AvgIpc) is 2.74. The molecule has 0 bridgehead atoms. The van der Waals surface area contributed by atoms with E-state index in [9.17, 15) is 0 Å². The van der Waals surface area contributed by atoms with Gasteiger partial charge in [0.15, 0.2) is 0 Å². The fourth-order valence-electron chi connectivity index (χ4n) is 3.55. The SMILES string of the molecule is COc1ccc(C([S-])(C[P+](C)(C)c2ccccc2)c2ccc(OC)cc2)cc1. The first kappa shape index (κ1) is 20.8. The second kappa shape index (κ2) is 8.59. The van der Waals surface area contributed by atoms with E-state index in [1.165, 1.54) is 5.30 Å². The fourth-order valence-corrected chi connectivity index (χ4v) is 7.43. The summed E-state index contributed by atoms with van der Waals surface area (Å²) in [7, 11) is 1.92. The molecule has 0 aromatic heterocycles. The third-order valence-electron chi connectivity index (χ3n) is 5.19. The molecule has 0 aliphatic heterocycles. The molecule has 28 heavy (non-hydrogen) atoms. The molecule has 3 rings (SSSR count). The van der Waals surface area contributed by atoms with Gasteiger partial charge in [0.05, 0.1) is 39.0 Å². The minimum absolute atomic E-state index is 0.522. The lowest BCUT2D eigenvalue weighted by molar-refractivity contribution is 0.414. The van der Waals surface area contributed by atoms with Gasteiger partial charge in [-0.25, -0.2) is 0 Å². The summed E-state index contributed by atoms with van der Waals surface area (Å²) in [6.45, 7) is 4.74. The van der Waals surface area contributed by atoms with Gasteiger partial charge in [0.1, 0.15) is 11.5 Å². The van der Waals surface area contributed by atoms with Crippen molar-refractivity contribution in [3.63, 3.8) is 0 Å². The number of methoxy groups -OCH3 is 2. The van der Waals surface area contributed by atoms with Gasteiger partial charge >= 0.3 is 0 Å².